The second-order valence-corrected chi connectivity index (χ2v) is 6.59. The molecule has 0 spiro atoms. The van der Waals surface area contributed by atoms with Gasteiger partial charge in [0.2, 0.25) is 0 Å². The van der Waals surface area contributed by atoms with E-state index in [1.807, 2.05) is 18.2 Å². The van der Waals surface area contributed by atoms with Crippen LogP contribution >= 0.6 is 23.2 Å². The molecular weight excluding hydrogens is 305 g/mol. The average Bonchev–Trinajstić information content (AvgIpc) is 3.02. The first-order valence-corrected chi connectivity index (χ1v) is 8.50. The SMILES string of the molecule is CCC(CC)(C(NN)c1ccc(Cl)c(Cl)c1)N1CCCC1. The minimum atomic E-state index is 0.0163. The van der Waals surface area contributed by atoms with Gasteiger partial charge in [-0.3, -0.25) is 16.2 Å². The molecule has 118 valence electrons. The van der Waals surface area contributed by atoms with E-state index >= 15 is 0 Å². The Bertz CT molecular complexity index is 469. The number of nitrogens with zero attached hydrogens (tertiary/aromatic N) is 1. The van der Waals surface area contributed by atoms with Crippen molar-refractivity contribution in [3.05, 3.63) is 33.8 Å². The Balaban J connectivity index is 2.41. The van der Waals surface area contributed by atoms with Gasteiger partial charge in [-0.1, -0.05) is 43.1 Å². The number of benzene rings is 1. The van der Waals surface area contributed by atoms with Crippen molar-refractivity contribution in [3.63, 3.8) is 0 Å². The minimum Gasteiger partial charge on any atom is -0.296 e. The maximum absolute atomic E-state index is 6.20. The summed E-state index contributed by atoms with van der Waals surface area (Å²) < 4.78 is 0. The van der Waals surface area contributed by atoms with Crippen LogP contribution < -0.4 is 11.3 Å². The van der Waals surface area contributed by atoms with E-state index in [4.69, 9.17) is 29.0 Å². The molecule has 1 aliphatic rings. The van der Waals surface area contributed by atoms with Gasteiger partial charge < -0.3 is 0 Å². The van der Waals surface area contributed by atoms with Crippen LogP contribution in [0.4, 0.5) is 0 Å². The number of rotatable bonds is 6. The molecule has 3 nitrogen and oxygen atoms in total. The van der Waals surface area contributed by atoms with Crippen molar-refractivity contribution in [3.8, 4) is 0 Å². The molecule has 3 N–H and O–H groups in total. The van der Waals surface area contributed by atoms with Crippen molar-refractivity contribution in [2.45, 2.75) is 51.1 Å². The number of hydrogen-bond donors (Lipinski definition) is 2. The minimum absolute atomic E-state index is 0.0163. The average molecular weight is 330 g/mol. The third-order valence-electron chi connectivity index (χ3n) is 4.94. The summed E-state index contributed by atoms with van der Waals surface area (Å²) in [5, 5.41) is 1.16. The highest BCUT2D eigenvalue weighted by Crippen LogP contribution is 2.40. The molecular formula is C16H25Cl2N3. The Morgan fingerprint density at radius 3 is 2.29 bits per heavy atom. The Labute approximate surface area is 137 Å². The first kappa shape index (κ1) is 17.0. The van der Waals surface area contributed by atoms with Gasteiger partial charge in [-0.15, -0.1) is 0 Å². The lowest BCUT2D eigenvalue weighted by molar-refractivity contribution is 0.0617. The summed E-state index contributed by atoms with van der Waals surface area (Å²) in [5.41, 5.74) is 4.16. The van der Waals surface area contributed by atoms with Gasteiger partial charge in [0, 0.05) is 5.54 Å². The van der Waals surface area contributed by atoms with Gasteiger partial charge in [0.05, 0.1) is 16.1 Å². The molecule has 21 heavy (non-hydrogen) atoms. The van der Waals surface area contributed by atoms with Gasteiger partial charge in [-0.25, -0.2) is 0 Å². The number of halogens is 2. The molecule has 1 aromatic carbocycles. The molecule has 2 rings (SSSR count). The molecule has 1 heterocycles. The Hall–Kier alpha value is -0.320. The van der Waals surface area contributed by atoms with Crippen LogP contribution in [-0.4, -0.2) is 23.5 Å². The quantitative estimate of drug-likeness (QED) is 0.608. The van der Waals surface area contributed by atoms with Crippen molar-refractivity contribution in [1.82, 2.24) is 10.3 Å². The van der Waals surface area contributed by atoms with E-state index in [-0.39, 0.29) is 11.6 Å². The summed E-state index contributed by atoms with van der Waals surface area (Å²) in [7, 11) is 0. The number of nitrogens with two attached hydrogens (primary N) is 1. The van der Waals surface area contributed by atoms with E-state index in [0.717, 1.165) is 31.5 Å². The lowest BCUT2D eigenvalue weighted by Crippen LogP contribution is -2.56. The van der Waals surface area contributed by atoms with E-state index in [2.05, 4.69) is 24.2 Å². The van der Waals surface area contributed by atoms with Gasteiger partial charge in [0.15, 0.2) is 0 Å². The zero-order valence-corrected chi connectivity index (χ0v) is 14.3. The highest BCUT2D eigenvalue weighted by atomic mass is 35.5. The standard InChI is InChI=1S/C16H25Cl2N3/c1-3-16(4-2,21-9-5-6-10-21)15(20-19)12-7-8-13(17)14(18)11-12/h7-8,11,15,20H,3-6,9-10,19H2,1-2H3. The molecule has 0 amide bonds. The van der Waals surface area contributed by atoms with Crippen LogP contribution in [0, 0.1) is 0 Å². The van der Waals surface area contributed by atoms with Gasteiger partial charge >= 0.3 is 0 Å². The van der Waals surface area contributed by atoms with Crippen LogP contribution in [-0.2, 0) is 0 Å². The van der Waals surface area contributed by atoms with Gasteiger partial charge in [-0.2, -0.15) is 0 Å². The third kappa shape index (κ3) is 3.22. The van der Waals surface area contributed by atoms with Crippen LogP contribution in [0.15, 0.2) is 18.2 Å². The van der Waals surface area contributed by atoms with E-state index in [9.17, 15) is 0 Å². The lowest BCUT2D eigenvalue weighted by Gasteiger charge is -2.46. The molecule has 1 unspecified atom stereocenters. The Kier molecular flexibility index (Phi) is 5.92. The molecule has 1 atom stereocenters. The third-order valence-corrected chi connectivity index (χ3v) is 5.68. The normalized spacial score (nSPS) is 18.1. The molecule has 1 fully saturated rings. The fraction of sp³-hybridized carbons (Fsp3) is 0.625. The maximum Gasteiger partial charge on any atom is 0.0644 e. The summed E-state index contributed by atoms with van der Waals surface area (Å²) in [6.45, 7) is 6.76. The summed E-state index contributed by atoms with van der Waals surface area (Å²) in [6, 6.07) is 5.85. The second kappa shape index (κ2) is 7.30. The smallest absolute Gasteiger partial charge is 0.0644 e. The van der Waals surface area contributed by atoms with E-state index in [1.54, 1.807) is 0 Å². The molecule has 0 radical (unpaired) electrons. The molecule has 1 aliphatic heterocycles. The van der Waals surface area contributed by atoms with Crippen molar-refractivity contribution < 1.29 is 0 Å². The van der Waals surface area contributed by atoms with Crippen molar-refractivity contribution in [1.29, 1.82) is 0 Å². The monoisotopic (exact) mass is 329 g/mol. The fourth-order valence-electron chi connectivity index (χ4n) is 3.70. The number of likely N-dealkylation sites (tertiary alicyclic amines) is 1. The van der Waals surface area contributed by atoms with E-state index in [0.29, 0.717) is 10.0 Å². The number of nitrogens with one attached hydrogen (secondary N) is 1. The summed E-state index contributed by atoms with van der Waals surface area (Å²) in [4.78, 5) is 2.58. The maximum atomic E-state index is 6.20. The van der Waals surface area contributed by atoms with Crippen LogP contribution in [0.3, 0.4) is 0 Å². The first-order valence-electron chi connectivity index (χ1n) is 7.75. The highest BCUT2D eigenvalue weighted by molar-refractivity contribution is 6.42. The summed E-state index contributed by atoms with van der Waals surface area (Å²) >= 11 is 12.2. The summed E-state index contributed by atoms with van der Waals surface area (Å²) in [5.74, 6) is 5.95. The lowest BCUT2D eigenvalue weighted by atomic mass is 9.79. The predicted octanol–water partition coefficient (Wildman–Crippen LogP) is 4.15. The second-order valence-electron chi connectivity index (χ2n) is 5.78. The molecule has 5 heteroatoms. The number of hydrogen-bond acceptors (Lipinski definition) is 3. The molecule has 0 aliphatic carbocycles. The summed E-state index contributed by atoms with van der Waals surface area (Å²) in [6.07, 6.45) is 4.61. The predicted molar refractivity (Wildman–Crippen MR) is 90.6 cm³/mol. The van der Waals surface area contributed by atoms with Crippen molar-refractivity contribution >= 4 is 23.2 Å². The van der Waals surface area contributed by atoms with Crippen molar-refractivity contribution in [2.75, 3.05) is 13.1 Å². The molecule has 0 aromatic heterocycles. The van der Waals surface area contributed by atoms with Crippen LogP contribution in [0.5, 0.6) is 0 Å². The van der Waals surface area contributed by atoms with Crippen LogP contribution in [0.25, 0.3) is 0 Å². The molecule has 1 saturated heterocycles. The Morgan fingerprint density at radius 2 is 1.81 bits per heavy atom. The fourth-order valence-corrected chi connectivity index (χ4v) is 4.01. The van der Waals surface area contributed by atoms with Crippen LogP contribution in [0.1, 0.15) is 51.1 Å². The van der Waals surface area contributed by atoms with Crippen LogP contribution in [0.2, 0.25) is 10.0 Å². The first-order chi connectivity index (χ1) is 10.1. The van der Waals surface area contributed by atoms with E-state index in [1.165, 1.54) is 12.8 Å². The van der Waals surface area contributed by atoms with Gasteiger partial charge in [0.1, 0.15) is 0 Å². The Morgan fingerprint density at radius 1 is 1.19 bits per heavy atom. The van der Waals surface area contributed by atoms with E-state index < -0.39 is 0 Å². The van der Waals surface area contributed by atoms with Gasteiger partial charge in [-0.05, 0) is 56.5 Å². The topological polar surface area (TPSA) is 41.3 Å². The van der Waals surface area contributed by atoms with Gasteiger partial charge in [0.25, 0.3) is 0 Å². The largest absolute Gasteiger partial charge is 0.296 e. The molecule has 1 aromatic rings. The molecule has 0 saturated carbocycles. The molecule has 0 bridgehead atoms. The zero-order valence-electron chi connectivity index (χ0n) is 12.8. The number of hydrazine groups is 1. The highest BCUT2D eigenvalue weighted by Gasteiger charge is 2.42. The van der Waals surface area contributed by atoms with Crippen molar-refractivity contribution in [2.24, 2.45) is 5.84 Å². The zero-order chi connectivity index (χ0) is 15.5.